The number of rotatable bonds is 15. The van der Waals surface area contributed by atoms with Gasteiger partial charge in [0.05, 0.1) is 28.3 Å². The number of nitrogens with zero attached hydrogens (tertiary/aromatic N) is 6. The highest BCUT2D eigenvalue weighted by Gasteiger charge is 2.34. The van der Waals surface area contributed by atoms with Crippen LogP contribution in [-0.2, 0) is 13.2 Å². The Labute approximate surface area is 555 Å². The Hall–Kier alpha value is -9.06. The van der Waals surface area contributed by atoms with Gasteiger partial charge >= 0.3 is 0 Å². The van der Waals surface area contributed by atoms with Gasteiger partial charge in [-0.25, -0.2) is 15.0 Å². The van der Waals surface area contributed by atoms with E-state index in [0.717, 1.165) is 75.6 Å². The monoisotopic (exact) mass is 1300 g/mol. The number of halogens is 3. The van der Waals surface area contributed by atoms with E-state index in [1.165, 1.54) is 0 Å². The molecule has 4 unspecified atom stereocenters. The lowest BCUT2D eigenvalue weighted by Gasteiger charge is -2.20. The lowest BCUT2D eigenvalue weighted by molar-refractivity contribution is 0.0777. The van der Waals surface area contributed by atoms with Gasteiger partial charge in [-0.2, -0.15) is 0 Å². The highest BCUT2D eigenvalue weighted by atomic mass is 35.5. The number of hydrogen-bond donors (Lipinski definition) is 3. The summed E-state index contributed by atoms with van der Waals surface area (Å²) in [7, 11) is 0. The minimum atomic E-state index is -0.757. The molecule has 3 fully saturated rings. The number of aryl methyl sites for hydroxylation is 3. The van der Waals surface area contributed by atoms with Gasteiger partial charge in [0.25, 0.3) is 17.7 Å². The summed E-state index contributed by atoms with van der Waals surface area (Å²) in [4.78, 5) is 93.4. The molecule has 0 aliphatic carbocycles. The van der Waals surface area contributed by atoms with Crippen LogP contribution < -0.4 is 0 Å². The number of likely N-dealkylation sites (tertiary alicyclic amines) is 3. The molecular formula is C75H69Cl3N6O9. The van der Waals surface area contributed by atoms with Crippen molar-refractivity contribution in [3.05, 3.63) is 298 Å². The molecule has 3 amide bonds. The Morgan fingerprint density at radius 2 is 0.806 bits per heavy atom. The molecule has 3 aliphatic heterocycles. The van der Waals surface area contributed by atoms with Crippen LogP contribution in [0.5, 0.6) is 0 Å². The molecular weight excluding hydrogens is 1240 g/mol. The quantitative estimate of drug-likeness (QED) is 0.0646. The van der Waals surface area contributed by atoms with Crippen LogP contribution in [0.25, 0.3) is 0 Å². The molecule has 0 radical (unpaired) electrons. The molecule has 93 heavy (non-hydrogen) atoms. The van der Waals surface area contributed by atoms with Crippen LogP contribution in [0.1, 0.15) is 172 Å². The second kappa shape index (κ2) is 30.6. The average molecular weight is 1300 g/mol. The van der Waals surface area contributed by atoms with E-state index in [-0.39, 0.29) is 77.3 Å². The molecule has 12 rings (SSSR count). The third-order valence-electron chi connectivity index (χ3n) is 17.4. The van der Waals surface area contributed by atoms with Crippen molar-refractivity contribution in [2.75, 3.05) is 39.3 Å². The molecule has 4 atom stereocenters. The summed E-state index contributed by atoms with van der Waals surface area (Å²) in [5, 5.41) is 31.7. The number of carbonyl (C=O) groups excluding carboxylic acids is 6. The molecule has 0 bridgehead atoms. The van der Waals surface area contributed by atoms with E-state index >= 15 is 0 Å². The maximum atomic E-state index is 12.8. The van der Waals surface area contributed by atoms with Gasteiger partial charge in [0.15, 0.2) is 11.6 Å². The Morgan fingerprint density at radius 3 is 1.20 bits per heavy atom. The van der Waals surface area contributed by atoms with E-state index in [9.17, 15) is 44.1 Å². The van der Waals surface area contributed by atoms with Gasteiger partial charge in [-0.1, -0.05) is 167 Å². The van der Waals surface area contributed by atoms with Crippen molar-refractivity contribution in [3.8, 4) is 0 Å². The molecule has 15 nitrogen and oxygen atoms in total. The Morgan fingerprint density at radius 1 is 0.462 bits per heavy atom. The molecule has 474 valence electrons. The zero-order valence-electron chi connectivity index (χ0n) is 51.6. The van der Waals surface area contributed by atoms with E-state index in [1.54, 1.807) is 106 Å². The first-order chi connectivity index (χ1) is 44.9. The summed E-state index contributed by atoms with van der Waals surface area (Å²) in [5.41, 5.74) is 12.6. The summed E-state index contributed by atoms with van der Waals surface area (Å²) < 4.78 is 0. The predicted molar refractivity (Wildman–Crippen MR) is 359 cm³/mol. The largest absolute Gasteiger partial charge is 0.392 e. The summed E-state index contributed by atoms with van der Waals surface area (Å²) in [6.07, 6.45) is 6.98. The minimum Gasteiger partial charge on any atom is -0.392 e. The van der Waals surface area contributed by atoms with Crippen LogP contribution in [0.15, 0.2) is 182 Å². The fraction of sp³-hybridized carbons (Fsp3) is 0.240. The normalized spacial score (nSPS) is 16.2. The zero-order chi connectivity index (χ0) is 65.9. The summed E-state index contributed by atoms with van der Waals surface area (Å²) in [6.45, 7) is 8.93. The molecule has 9 aromatic rings. The smallest absolute Gasteiger partial charge is 0.274 e. The maximum Gasteiger partial charge on any atom is 0.274 e. The first kappa shape index (κ1) is 66.8. The van der Waals surface area contributed by atoms with Crippen molar-refractivity contribution >= 4 is 70.4 Å². The van der Waals surface area contributed by atoms with Gasteiger partial charge in [0, 0.05) is 103 Å². The van der Waals surface area contributed by atoms with E-state index in [2.05, 4.69) is 15.0 Å². The number of benzene rings is 6. The van der Waals surface area contributed by atoms with Crippen molar-refractivity contribution in [2.45, 2.75) is 77.1 Å². The average Bonchev–Trinajstić information content (AvgIpc) is 1.86. The SMILES string of the molecule is Cc1ccc(C(=O)c2ccc(C3CCN(C(=O)c4ncccc4Cl)C3)c(C=O)c2)cc1.Cc1ccc(C(=O)c2ccc(C3CCN(C(=O)c4ncccc4Cl)C3)c(CO)c2)cc1.Cc1ccc(C(O)c2ccc(C3CCN(C(=O)c4ncccc4Cl)C3)c(CO)c2)cc1. The summed E-state index contributed by atoms with van der Waals surface area (Å²) in [5.74, 6) is -0.579. The van der Waals surface area contributed by atoms with Gasteiger partial charge in [-0.3, -0.25) is 28.8 Å². The van der Waals surface area contributed by atoms with Crippen molar-refractivity contribution in [1.29, 1.82) is 0 Å². The number of pyridine rings is 3. The molecule has 3 saturated heterocycles. The Balaban J connectivity index is 0.000000153. The van der Waals surface area contributed by atoms with Crippen LogP contribution in [0.3, 0.4) is 0 Å². The molecule has 6 heterocycles. The van der Waals surface area contributed by atoms with Crippen LogP contribution in [0, 0.1) is 20.8 Å². The number of amides is 3. The van der Waals surface area contributed by atoms with Gasteiger partial charge in [0.2, 0.25) is 0 Å². The molecule has 6 aromatic carbocycles. The van der Waals surface area contributed by atoms with E-state index in [0.29, 0.717) is 87.7 Å². The third kappa shape index (κ3) is 15.7. The highest BCUT2D eigenvalue weighted by molar-refractivity contribution is 6.34. The maximum absolute atomic E-state index is 12.8. The summed E-state index contributed by atoms with van der Waals surface area (Å²) >= 11 is 18.4. The second-order valence-electron chi connectivity index (χ2n) is 23.6. The minimum absolute atomic E-state index is 0.00941. The molecule has 0 spiro atoms. The number of aromatic nitrogens is 3. The van der Waals surface area contributed by atoms with E-state index in [1.807, 2.05) is 112 Å². The van der Waals surface area contributed by atoms with Crippen LogP contribution >= 0.6 is 34.8 Å². The van der Waals surface area contributed by atoms with Crippen molar-refractivity contribution in [1.82, 2.24) is 29.7 Å². The number of carbonyl (C=O) groups is 6. The number of hydrogen-bond acceptors (Lipinski definition) is 12. The molecule has 3 aliphatic rings. The first-order valence-electron chi connectivity index (χ1n) is 30.7. The number of aldehydes is 1. The molecule has 0 saturated carbocycles. The lowest BCUT2D eigenvalue weighted by Crippen LogP contribution is -2.29. The van der Waals surface area contributed by atoms with Crippen molar-refractivity contribution < 1.29 is 44.1 Å². The number of ketones is 2. The fourth-order valence-corrected chi connectivity index (χ4v) is 12.8. The molecule has 3 N–H and O–H groups in total. The van der Waals surface area contributed by atoms with Gasteiger partial charge in [0.1, 0.15) is 29.5 Å². The van der Waals surface area contributed by atoms with Crippen LogP contribution in [-0.4, -0.2) is 120 Å². The van der Waals surface area contributed by atoms with Gasteiger partial charge in [-0.15, -0.1) is 0 Å². The summed E-state index contributed by atoms with van der Waals surface area (Å²) in [6, 6.07) is 49.0. The standard InChI is InChI=1S/C25H25ClN2O3.C25H23ClN2O3.C25H21ClN2O3/c3*1-16-4-6-17(7-5-16)24(30)18-8-9-21(20(13-18)15-29)19-10-12-28(14-19)25(31)23-22(26)3-2-11-27-23/h2-9,11,13,19,24,29-30H,10,12,14-15H2,1H3;2-9,11,13,19,29H,10,12,14-15H2,1H3;2-9,11,13,15,19H,10,12,14H2,1H3. The second-order valence-corrected chi connectivity index (χ2v) is 24.8. The highest BCUT2D eigenvalue weighted by Crippen LogP contribution is 2.36. The molecule has 18 heteroatoms. The first-order valence-corrected chi connectivity index (χ1v) is 31.8. The van der Waals surface area contributed by atoms with Crippen LogP contribution in [0.2, 0.25) is 15.1 Å². The van der Waals surface area contributed by atoms with E-state index < -0.39 is 6.10 Å². The van der Waals surface area contributed by atoms with Crippen molar-refractivity contribution in [3.63, 3.8) is 0 Å². The van der Waals surface area contributed by atoms with Gasteiger partial charge in [-0.05, 0) is 128 Å². The lowest BCUT2D eigenvalue weighted by atomic mass is 9.90. The number of aliphatic hydroxyl groups is 3. The predicted octanol–water partition coefficient (Wildman–Crippen LogP) is 13.4. The zero-order valence-corrected chi connectivity index (χ0v) is 53.9. The van der Waals surface area contributed by atoms with Crippen LogP contribution in [0.4, 0.5) is 0 Å². The Kier molecular flexibility index (Phi) is 22.0. The third-order valence-corrected chi connectivity index (χ3v) is 18.3. The van der Waals surface area contributed by atoms with Crippen molar-refractivity contribution in [2.24, 2.45) is 0 Å². The fourth-order valence-electron chi connectivity index (χ4n) is 12.2. The number of aliphatic hydroxyl groups excluding tert-OH is 3. The topological polar surface area (TPSA) is 211 Å². The van der Waals surface area contributed by atoms with Gasteiger partial charge < -0.3 is 30.0 Å². The van der Waals surface area contributed by atoms with E-state index in [4.69, 9.17) is 34.8 Å². The molecule has 3 aromatic heterocycles. The Bertz CT molecular complexity index is 4220.